The smallest absolute Gasteiger partial charge is 0.262 e. The van der Waals surface area contributed by atoms with Gasteiger partial charge in [0, 0.05) is 0 Å². The Labute approximate surface area is 170 Å². The van der Waals surface area contributed by atoms with Gasteiger partial charge in [-0.1, -0.05) is 54.6 Å². The molecule has 0 unspecified atom stereocenters. The molecular formula is C24H25NO4. The molecule has 1 fully saturated rings. The van der Waals surface area contributed by atoms with Crippen molar-refractivity contribution in [2.45, 2.75) is 44.6 Å². The lowest BCUT2D eigenvalue weighted by atomic mass is 10.1. The van der Waals surface area contributed by atoms with Crippen LogP contribution in [0.1, 0.15) is 46.0 Å². The molecule has 5 nitrogen and oxygen atoms in total. The molecule has 150 valence electrons. The topological polar surface area (TPSA) is 55.8 Å². The Bertz CT molecular complexity index is 865. The third-order valence-corrected chi connectivity index (χ3v) is 5.43. The molecule has 29 heavy (non-hydrogen) atoms. The fourth-order valence-electron chi connectivity index (χ4n) is 3.77. The van der Waals surface area contributed by atoms with Gasteiger partial charge in [-0.15, -0.1) is 0 Å². The Morgan fingerprint density at radius 3 is 2.31 bits per heavy atom. The molecule has 4 rings (SSSR count). The molecule has 1 saturated heterocycles. The van der Waals surface area contributed by atoms with Gasteiger partial charge in [-0.25, -0.2) is 0 Å². The summed E-state index contributed by atoms with van der Waals surface area (Å²) in [5.41, 5.74) is 2.11. The van der Waals surface area contributed by atoms with Crippen molar-refractivity contribution in [2.75, 3.05) is 6.61 Å². The van der Waals surface area contributed by atoms with Gasteiger partial charge in [-0.05, 0) is 37.5 Å². The van der Waals surface area contributed by atoms with Crippen molar-refractivity contribution in [1.29, 1.82) is 0 Å². The Kier molecular flexibility index (Phi) is 5.88. The van der Waals surface area contributed by atoms with Gasteiger partial charge in [0.15, 0.2) is 0 Å². The van der Waals surface area contributed by atoms with E-state index in [1.54, 1.807) is 24.3 Å². The van der Waals surface area contributed by atoms with Crippen molar-refractivity contribution in [3.8, 4) is 0 Å². The quantitative estimate of drug-likeness (QED) is 0.552. The zero-order chi connectivity index (χ0) is 20.2. The van der Waals surface area contributed by atoms with Crippen LogP contribution in [0.3, 0.4) is 0 Å². The van der Waals surface area contributed by atoms with Gasteiger partial charge in [-0.2, -0.15) is 0 Å². The number of carbonyl (C=O) groups is 2. The van der Waals surface area contributed by atoms with Gasteiger partial charge < -0.3 is 9.47 Å². The van der Waals surface area contributed by atoms with Crippen molar-refractivity contribution in [2.24, 2.45) is 0 Å². The second-order valence-electron chi connectivity index (χ2n) is 7.52. The molecule has 2 aromatic rings. The van der Waals surface area contributed by atoms with Crippen LogP contribution in [-0.2, 0) is 16.1 Å². The van der Waals surface area contributed by atoms with Crippen LogP contribution in [-0.4, -0.2) is 41.6 Å². The molecule has 2 amide bonds. The van der Waals surface area contributed by atoms with E-state index in [0.29, 0.717) is 24.3 Å². The zero-order valence-corrected chi connectivity index (χ0v) is 16.5. The zero-order valence-electron chi connectivity index (χ0n) is 16.5. The molecule has 2 aromatic carbocycles. The minimum absolute atomic E-state index is 0.0239. The number of hydrogen-bond donors (Lipinski definition) is 0. The van der Waals surface area contributed by atoms with Gasteiger partial charge in [0.2, 0.25) is 0 Å². The summed E-state index contributed by atoms with van der Waals surface area (Å²) in [7, 11) is 0. The highest BCUT2D eigenvalue weighted by molar-refractivity contribution is 6.21. The van der Waals surface area contributed by atoms with Gasteiger partial charge >= 0.3 is 0 Å². The van der Waals surface area contributed by atoms with Crippen LogP contribution in [0.25, 0.3) is 0 Å². The van der Waals surface area contributed by atoms with Gasteiger partial charge in [-0.3, -0.25) is 14.5 Å². The van der Waals surface area contributed by atoms with Crippen molar-refractivity contribution < 1.29 is 19.1 Å². The van der Waals surface area contributed by atoms with Gasteiger partial charge in [0.25, 0.3) is 11.8 Å². The number of imide groups is 1. The summed E-state index contributed by atoms with van der Waals surface area (Å²) >= 11 is 0. The molecule has 0 aliphatic carbocycles. The molecule has 0 aromatic heterocycles. The number of benzene rings is 2. The second-order valence-corrected chi connectivity index (χ2v) is 7.52. The largest absolute Gasteiger partial charge is 0.371 e. The van der Waals surface area contributed by atoms with Gasteiger partial charge in [0.05, 0.1) is 42.6 Å². The predicted octanol–water partition coefficient (Wildman–Crippen LogP) is 3.99. The van der Waals surface area contributed by atoms with Crippen molar-refractivity contribution in [3.63, 3.8) is 0 Å². The van der Waals surface area contributed by atoms with Crippen LogP contribution in [0, 0.1) is 0 Å². The maximum atomic E-state index is 12.6. The summed E-state index contributed by atoms with van der Waals surface area (Å²) in [4.78, 5) is 26.4. The molecule has 2 aliphatic rings. The van der Waals surface area contributed by atoms with Crippen LogP contribution >= 0.6 is 0 Å². The maximum Gasteiger partial charge on any atom is 0.262 e. The minimum atomic E-state index is -0.321. The highest BCUT2D eigenvalue weighted by atomic mass is 16.5. The van der Waals surface area contributed by atoms with E-state index in [9.17, 15) is 9.59 Å². The number of rotatable bonds is 6. The lowest BCUT2D eigenvalue weighted by Gasteiger charge is -2.28. The summed E-state index contributed by atoms with van der Waals surface area (Å²) in [5, 5.41) is 0. The summed E-state index contributed by atoms with van der Waals surface area (Å²) in [6.07, 6.45) is 5.69. The van der Waals surface area contributed by atoms with Gasteiger partial charge in [0.1, 0.15) is 0 Å². The molecular weight excluding hydrogens is 366 g/mol. The van der Waals surface area contributed by atoms with E-state index in [1.807, 2.05) is 37.3 Å². The lowest BCUT2D eigenvalue weighted by Crippen LogP contribution is -2.37. The molecule has 0 spiro atoms. The Morgan fingerprint density at radius 1 is 1.03 bits per heavy atom. The Hall–Kier alpha value is -2.76. The Balaban J connectivity index is 1.27. The van der Waals surface area contributed by atoms with E-state index in [4.69, 9.17) is 9.47 Å². The fraction of sp³-hybridized carbons (Fsp3) is 0.333. The summed E-state index contributed by atoms with van der Waals surface area (Å²) in [6, 6.07) is 16.7. The summed E-state index contributed by atoms with van der Waals surface area (Å²) in [5.74, 6) is -0.469. The van der Waals surface area contributed by atoms with Crippen LogP contribution in [0.5, 0.6) is 0 Å². The molecule has 0 saturated carbocycles. The maximum absolute atomic E-state index is 12.6. The highest BCUT2D eigenvalue weighted by Gasteiger charge is 2.37. The number of nitrogens with zero attached hydrogens (tertiary/aromatic N) is 1. The Morgan fingerprint density at radius 2 is 1.69 bits per heavy atom. The minimum Gasteiger partial charge on any atom is -0.371 e. The number of fused-ring (bicyclic) bond motifs is 1. The standard InChI is InChI=1S/C24H25NO4/c1-17(25-23(26)21-9-5-6-10-22(21)24(25)27)11-12-19-13-14-20(16-29-19)28-15-18-7-3-2-4-8-18/h2-12,17,19-20H,13-16H2,1H3/b12-11+/t17-,19+,20+/m0/s1. The summed E-state index contributed by atoms with van der Waals surface area (Å²) in [6.45, 7) is 2.99. The van der Waals surface area contributed by atoms with E-state index in [0.717, 1.165) is 18.4 Å². The third-order valence-electron chi connectivity index (χ3n) is 5.43. The average molecular weight is 391 g/mol. The number of amides is 2. The van der Waals surface area contributed by atoms with E-state index in [2.05, 4.69) is 12.1 Å². The number of hydrogen-bond acceptors (Lipinski definition) is 4. The molecule has 5 heteroatoms. The van der Waals surface area contributed by atoms with Crippen molar-refractivity contribution in [3.05, 3.63) is 83.4 Å². The van der Waals surface area contributed by atoms with Crippen LogP contribution in [0.2, 0.25) is 0 Å². The monoisotopic (exact) mass is 391 g/mol. The van der Waals surface area contributed by atoms with Crippen molar-refractivity contribution in [1.82, 2.24) is 4.90 Å². The lowest BCUT2D eigenvalue weighted by molar-refractivity contribution is -0.0771. The molecule has 0 radical (unpaired) electrons. The first kappa shape index (κ1) is 19.6. The van der Waals surface area contributed by atoms with E-state index >= 15 is 0 Å². The van der Waals surface area contributed by atoms with Crippen LogP contribution in [0.4, 0.5) is 0 Å². The fourth-order valence-corrected chi connectivity index (χ4v) is 3.77. The molecule has 0 bridgehead atoms. The van der Waals surface area contributed by atoms with E-state index in [1.165, 1.54) is 4.90 Å². The predicted molar refractivity (Wildman–Crippen MR) is 110 cm³/mol. The van der Waals surface area contributed by atoms with Crippen molar-refractivity contribution >= 4 is 11.8 Å². The first-order chi connectivity index (χ1) is 14.1. The molecule has 2 heterocycles. The van der Waals surface area contributed by atoms with Crippen LogP contribution in [0.15, 0.2) is 66.7 Å². The number of ether oxygens (including phenoxy) is 2. The van der Waals surface area contributed by atoms with Crippen LogP contribution < -0.4 is 0 Å². The summed E-state index contributed by atoms with van der Waals surface area (Å²) < 4.78 is 11.8. The third kappa shape index (κ3) is 4.31. The SMILES string of the molecule is C[C@@H](/C=C/[C@@H]1CC[C@@H](OCc2ccccc2)CO1)N1C(=O)c2ccccc2C1=O. The van der Waals surface area contributed by atoms with E-state index < -0.39 is 0 Å². The number of carbonyl (C=O) groups excluding carboxylic acids is 2. The average Bonchev–Trinajstić information content (AvgIpc) is 3.02. The first-order valence-corrected chi connectivity index (χ1v) is 10.1. The normalized spacial score (nSPS) is 22.9. The highest BCUT2D eigenvalue weighted by Crippen LogP contribution is 2.25. The second kappa shape index (κ2) is 8.72. The molecule has 2 aliphatic heterocycles. The molecule has 3 atom stereocenters. The first-order valence-electron chi connectivity index (χ1n) is 10.1. The molecule has 0 N–H and O–H groups in total. The van der Waals surface area contributed by atoms with E-state index in [-0.39, 0.29) is 30.1 Å².